The Labute approximate surface area is 96.9 Å². The zero-order valence-electron chi connectivity index (χ0n) is 8.35. The van der Waals surface area contributed by atoms with E-state index >= 15 is 0 Å². The van der Waals surface area contributed by atoms with E-state index < -0.39 is 6.10 Å². The van der Waals surface area contributed by atoms with Gasteiger partial charge in [0.25, 0.3) is 0 Å². The monoisotopic (exact) mass is 272 g/mol. The third-order valence-electron chi connectivity index (χ3n) is 1.92. The van der Waals surface area contributed by atoms with Crippen molar-refractivity contribution in [3.05, 3.63) is 34.3 Å². The number of hydrogen-bond donors (Lipinski definition) is 2. The SMILES string of the molecule is CC(OCc1cccc(Br)c1)/C(N)=N/O. The molecule has 0 aliphatic carbocycles. The minimum atomic E-state index is -0.394. The molecule has 1 aromatic carbocycles. The van der Waals surface area contributed by atoms with Gasteiger partial charge in [-0.05, 0) is 24.6 Å². The first-order valence-electron chi connectivity index (χ1n) is 4.47. The maximum Gasteiger partial charge on any atom is 0.168 e. The largest absolute Gasteiger partial charge is 0.409 e. The second-order valence-corrected chi connectivity index (χ2v) is 4.02. The van der Waals surface area contributed by atoms with Crippen LogP contribution in [-0.2, 0) is 11.3 Å². The molecule has 0 radical (unpaired) electrons. The second-order valence-electron chi connectivity index (χ2n) is 3.11. The van der Waals surface area contributed by atoms with Crippen LogP contribution in [0.4, 0.5) is 0 Å². The fraction of sp³-hybridized carbons (Fsp3) is 0.300. The van der Waals surface area contributed by atoms with Crippen molar-refractivity contribution in [2.45, 2.75) is 19.6 Å². The van der Waals surface area contributed by atoms with Crippen LogP contribution < -0.4 is 5.73 Å². The molecule has 0 bridgehead atoms. The second kappa shape index (κ2) is 5.72. The molecule has 0 heterocycles. The van der Waals surface area contributed by atoms with Crippen molar-refractivity contribution in [3.8, 4) is 0 Å². The summed E-state index contributed by atoms with van der Waals surface area (Å²) in [5.41, 5.74) is 6.41. The highest BCUT2D eigenvalue weighted by molar-refractivity contribution is 9.10. The highest BCUT2D eigenvalue weighted by atomic mass is 79.9. The first-order chi connectivity index (χ1) is 7.13. The Morgan fingerprint density at radius 1 is 1.67 bits per heavy atom. The summed E-state index contributed by atoms with van der Waals surface area (Å²) in [5, 5.41) is 11.3. The topological polar surface area (TPSA) is 67.8 Å². The molecule has 15 heavy (non-hydrogen) atoms. The molecule has 3 N–H and O–H groups in total. The lowest BCUT2D eigenvalue weighted by Gasteiger charge is -2.11. The van der Waals surface area contributed by atoms with Crippen LogP contribution in [0, 0.1) is 0 Å². The van der Waals surface area contributed by atoms with Crippen LogP contribution in [0.2, 0.25) is 0 Å². The Hall–Kier alpha value is -1.07. The average molecular weight is 273 g/mol. The van der Waals surface area contributed by atoms with E-state index in [9.17, 15) is 0 Å². The summed E-state index contributed by atoms with van der Waals surface area (Å²) < 4.78 is 6.40. The van der Waals surface area contributed by atoms with Gasteiger partial charge in [-0.2, -0.15) is 0 Å². The molecule has 0 aromatic heterocycles. The van der Waals surface area contributed by atoms with E-state index in [1.165, 1.54) is 0 Å². The van der Waals surface area contributed by atoms with Gasteiger partial charge in [-0.1, -0.05) is 33.2 Å². The Balaban J connectivity index is 2.50. The Kier molecular flexibility index (Phi) is 4.58. The van der Waals surface area contributed by atoms with Crippen LogP contribution in [0.15, 0.2) is 33.9 Å². The number of halogens is 1. The Morgan fingerprint density at radius 3 is 3.00 bits per heavy atom. The molecule has 0 aliphatic rings. The third-order valence-corrected chi connectivity index (χ3v) is 2.41. The normalized spacial score (nSPS) is 13.9. The van der Waals surface area contributed by atoms with E-state index in [1.54, 1.807) is 6.92 Å². The minimum absolute atomic E-state index is 0.0741. The van der Waals surface area contributed by atoms with Gasteiger partial charge in [0.1, 0.15) is 6.10 Å². The molecule has 1 aromatic rings. The molecule has 0 aliphatic heterocycles. The quantitative estimate of drug-likeness (QED) is 0.382. The van der Waals surface area contributed by atoms with Crippen LogP contribution in [0.25, 0.3) is 0 Å². The smallest absolute Gasteiger partial charge is 0.168 e. The molecule has 82 valence electrons. The number of benzene rings is 1. The average Bonchev–Trinajstić information content (AvgIpc) is 2.25. The van der Waals surface area contributed by atoms with Crippen molar-refractivity contribution < 1.29 is 9.94 Å². The van der Waals surface area contributed by atoms with Crippen molar-refractivity contribution in [2.24, 2.45) is 10.9 Å². The molecule has 1 rings (SSSR count). The van der Waals surface area contributed by atoms with E-state index in [4.69, 9.17) is 15.7 Å². The number of nitrogens with two attached hydrogens (primary N) is 1. The van der Waals surface area contributed by atoms with Crippen LogP contribution in [-0.4, -0.2) is 17.1 Å². The van der Waals surface area contributed by atoms with Gasteiger partial charge < -0.3 is 15.7 Å². The number of ether oxygens (including phenoxy) is 1. The summed E-state index contributed by atoms with van der Waals surface area (Å²) in [5.74, 6) is 0.0741. The summed E-state index contributed by atoms with van der Waals surface area (Å²) in [4.78, 5) is 0. The summed E-state index contributed by atoms with van der Waals surface area (Å²) in [6, 6.07) is 7.77. The maximum atomic E-state index is 8.42. The van der Waals surface area contributed by atoms with Gasteiger partial charge in [0.15, 0.2) is 5.84 Å². The fourth-order valence-electron chi connectivity index (χ4n) is 1.01. The lowest BCUT2D eigenvalue weighted by atomic mass is 10.2. The molecule has 0 fully saturated rings. The third kappa shape index (κ3) is 3.89. The zero-order chi connectivity index (χ0) is 11.3. The molecular weight excluding hydrogens is 260 g/mol. The van der Waals surface area contributed by atoms with Gasteiger partial charge in [-0.15, -0.1) is 0 Å². The van der Waals surface area contributed by atoms with E-state index in [2.05, 4.69) is 21.1 Å². The Morgan fingerprint density at radius 2 is 2.40 bits per heavy atom. The fourth-order valence-corrected chi connectivity index (χ4v) is 1.46. The first kappa shape index (κ1) is 12.0. The van der Waals surface area contributed by atoms with Gasteiger partial charge in [-0.3, -0.25) is 0 Å². The van der Waals surface area contributed by atoms with Crippen molar-refractivity contribution in [1.29, 1.82) is 0 Å². The van der Waals surface area contributed by atoms with Crippen LogP contribution >= 0.6 is 15.9 Å². The zero-order valence-corrected chi connectivity index (χ0v) is 9.94. The number of hydrogen-bond acceptors (Lipinski definition) is 3. The van der Waals surface area contributed by atoms with E-state index in [0.717, 1.165) is 10.0 Å². The summed E-state index contributed by atoms with van der Waals surface area (Å²) in [7, 11) is 0. The van der Waals surface area contributed by atoms with Crippen molar-refractivity contribution >= 4 is 21.8 Å². The van der Waals surface area contributed by atoms with E-state index in [1.807, 2.05) is 24.3 Å². The summed E-state index contributed by atoms with van der Waals surface area (Å²) in [6.07, 6.45) is -0.394. The minimum Gasteiger partial charge on any atom is -0.409 e. The van der Waals surface area contributed by atoms with Gasteiger partial charge in [0.05, 0.1) is 6.61 Å². The molecule has 1 unspecified atom stereocenters. The Bertz CT molecular complexity index is 355. The molecule has 4 nitrogen and oxygen atoms in total. The highest BCUT2D eigenvalue weighted by Gasteiger charge is 2.07. The van der Waals surface area contributed by atoms with E-state index in [0.29, 0.717) is 6.61 Å². The molecule has 1 atom stereocenters. The van der Waals surface area contributed by atoms with Crippen LogP contribution in [0.5, 0.6) is 0 Å². The molecule has 0 saturated carbocycles. The lowest BCUT2D eigenvalue weighted by molar-refractivity contribution is 0.0927. The maximum absolute atomic E-state index is 8.42. The molecular formula is C10H13BrN2O2. The van der Waals surface area contributed by atoms with Crippen molar-refractivity contribution in [1.82, 2.24) is 0 Å². The highest BCUT2D eigenvalue weighted by Crippen LogP contribution is 2.12. The van der Waals surface area contributed by atoms with Gasteiger partial charge in [0.2, 0.25) is 0 Å². The number of rotatable bonds is 4. The number of nitrogens with zero attached hydrogens (tertiary/aromatic N) is 1. The predicted molar refractivity (Wildman–Crippen MR) is 61.8 cm³/mol. The molecule has 0 saturated heterocycles. The van der Waals surface area contributed by atoms with E-state index in [-0.39, 0.29) is 5.84 Å². The van der Waals surface area contributed by atoms with Crippen LogP contribution in [0.3, 0.4) is 0 Å². The van der Waals surface area contributed by atoms with Gasteiger partial charge in [-0.25, -0.2) is 0 Å². The molecule has 5 heteroatoms. The number of oxime groups is 1. The van der Waals surface area contributed by atoms with Gasteiger partial charge in [0, 0.05) is 4.47 Å². The standard InChI is InChI=1S/C10H13BrN2O2/c1-7(10(12)13-14)15-6-8-3-2-4-9(11)5-8/h2-5,7,14H,6H2,1H3,(H2,12,13). The van der Waals surface area contributed by atoms with Gasteiger partial charge >= 0.3 is 0 Å². The first-order valence-corrected chi connectivity index (χ1v) is 5.26. The van der Waals surface area contributed by atoms with Crippen LogP contribution in [0.1, 0.15) is 12.5 Å². The summed E-state index contributed by atoms with van der Waals surface area (Å²) in [6.45, 7) is 2.16. The predicted octanol–water partition coefficient (Wildman–Crippen LogP) is 2.10. The lowest BCUT2D eigenvalue weighted by Crippen LogP contribution is -2.28. The summed E-state index contributed by atoms with van der Waals surface area (Å²) >= 11 is 3.37. The molecule has 0 spiro atoms. The van der Waals surface area contributed by atoms with Crippen molar-refractivity contribution in [2.75, 3.05) is 0 Å². The number of amidine groups is 1. The van der Waals surface area contributed by atoms with Crippen molar-refractivity contribution in [3.63, 3.8) is 0 Å². The molecule has 0 amide bonds.